The Hall–Kier alpha value is -5.20. The summed E-state index contributed by atoms with van der Waals surface area (Å²) in [5, 5.41) is 10.5. The standard InChI is InChI=1S/C40H24/c1-3-13-26(14-4-1)36-31-18-9-10-19-32(31)37(27-15-5-2-6-16-27)40-35-24-34-28-17-8-7-12-25(28)22-23-29(34)30-20-11-21-33(38(30)35)39(36)40/h1-24H. The molecule has 0 heteroatoms. The summed E-state index contributed by atoms with van der Waals surface area (Å²) in [6.45, 7) is 0. The lowest BCUT2D eigenvalue weighted by molar-refractivity contribution is 1.62. The van der Waals surface area contributed by atoms with E-state index in [4.69, 9.17) is 0 Å². The largest absolute Gasteiger partial charge is 0.0622 e. The van der Waals surface area contributed by atoms with E-state index in [1.165, 1.54) is 87.6 Å². The number of benzene rings is 8. The third kappa shape index (κ3) is 2.85. The second-order valence-electron chi connectivity index (χ2n) is 10.8. The fourth-order valence-electron chi connectivity index (χ4n) is 7.16. The first-order valence-electron chi connectivity index (χ1n) is 14.0. The fraction of sp³-hybridized carbons (Fsp3) is 0. The first-order valence-corrected chi connectivity index (χ1v) is 14.0. The third-order valence-corrected chi connectivity index (χ3v) is 8.76. The van der Waals surface area contributed by atoms with E-state index in [0.717, 1.165) is 0 Å². The maximum atomic E-state index is 2.48. The lowest BCUT2D eigenvalue weighted by Crippen LogP contribution is -1.93. The number of hydrogen-bond donors (Lipinski definition) is 0. The molecule has 1 aliphatic rings. The summed E-state index contributed by atoms with van der Waals surface area (Å²) in [5.41, 5.74) is 10.5. The summed E-state index contributed by atoms with van der Waals surface area (Å²) in [6.07, 6.45) is 0. The molecule has 0 amide bonds. The van der Waals surface area contributed by atoms with Crippen LogP contribution in [0.5, 0.6) is 0 Å². The van der Waals surface area contributed by atoms with Gasteiger partial charge in [-0.15, -0.1) is 0 Å². The van der Waals surface area contributed by atoms with Crippen LogP contribution in [0.3, 0.4) is 0 Å². The van der Waals surface area contributed by atoms with Crippen molar-refractivity contribution in [1.82, 2.24) is 0 Å². The molecule has 0 saturated heterocycles. The van der Waals surface area contributed by atoms with Gasteiger partial charge in [0.05, 0.1) is 0 Å². The first kappa shape index (κ1) is 21.7. The van der Waals surface area contributed by atoms with E-state index in [-0.39, 0.29) is 0 Å². The van der Waals surface area contributed by atoms with Crippen molar-refractivity contribution >= 4 is 43.1 Å². The summed E-state index contributed by atoms with van der Waals surface area (Å²) >= 11 is 0. The molecular formula is C40H24. The van der Waals surface area contributed by atoms with Gasteiger partial charge in [0, 0.05) is 0 Å². The van der Waals surface area contributed by atoms with Gasteiger partial charge in [-0.2, -0.15) is 0 Å². The smallest absolute Gasteiger partial charge is 0.000719 e. The minimum atomic E-state index is 1.26. The predicted octanol–water partition coefficient (Wildman–Crippen LogP) is 11.3. The van der Waals surface area contributed by atoms with Crippen molar-refractivity contribution < 1.29 is 0 Å². The molecule has 0 bridgehead atoms. The van der Waals surface area contributed by atoms with Gasteiger partial charge in [0.15, 0.2) is 0 Å². The molecular weight excluding hydrogens is 480 g/mol. The van der Waals surface area contributed by atoms with Crippen LogP contribution < -0.4 is 0 Å². The van der Waals surface area contributed by atoms with Gasteiger partial charge in [-0.3, -0.25) is 0 Å². The molecule has 0 unspecified atom stereocenters. The van der Waals surface area contributed by atoms with E-state index < -0.39 is 0 Å². The zero-order valence-corrected chi connectivity index (χ0v) is 21.9. The normalized spacial score (nSPS) is 12.0. The molecule has 8 aromatic carbocycles. The Morgan fingerprint density at radius 1 is 0.275 bits per heavy atom. The molecule has 0 heterocycles. The van der Waals surface area contributed by atoms with Crippen molar-refractivity contribution in [3.8, 4) is 44.5 Å². The van der Waals surface area contributed by atoms with E-state index in [2.05, 4.69) is 146 Å². The van der Waals surface area contributed by atoms with E-state index in [0.29, 0.717) is 0 Å². The highest BCUT2D eigenvalue weighted by Gasteiger charge is 2.31. The Labute approximate surface area is 232 Å². The van der Waals surface area contributed by atoms with Gasteiger partial charge in [0.2, 0.25) is 0 Å². The van der Waals surface area contributed by atoms with Crippen molar-refractivity contribution in [2.24, 2.45) is 0 Å². The zero-order chi connectivity index (χ0) is 26.2. The first-order chi connectivity index (χ1) is 19.9. The quantitative estimate of drug-likeness (QED) is 0.205. The monoisotopic (exact) mass is 504 g/mol. The van der Waals surface area contributed by atoms with E-state index in [9.17, 15) is 0 Å². The summed E-state index contributed by atoms with van der Waals surface area (Å²) in [7, 11) is 0. The topological polar surface area (TPSA) is 0 Å². The van der Waals surface area contributed by atoms with Crippen LogP contribution in [0.2, 0.25) is 0 Å². The lowest BCUT2D eigenvalue weighted by Gasteiger charge is -2.20. The van der Waals surface area contributed by atoms with Gasteiger partial charge < -0.3 is 0 Å². The van der Waals surface area contributed by atoms with E-state index in [1.54, 1.807) is 0 Å². The Morgan fingerprint density at radius 2 is 0.825 bits per heavy atom. The van der Waals surface area contributed by atoms with Gasteiger partial charge in [0.25, 0.3) is 0 Å². The van der Waals surface area contributed by atoms with Crippen LogP contribution in [0.15, 0.2) is 146 Å². The molecule has 0 aliphatic heterocycles. The highest BCUT2D eigenvalue weighted by molar-refractivity contribution is 6.32. The Morgan fingerprint density at radius 3 is 1.50 bits per heavy atom. The molecule has 184 valence electrons. The molecule has 8 aromatic rings. The molecule has 0 nitrogen and oxygen atoms in total. The molecule has 9 rings (SSSR count). The fourth-order valence-corrected chi connectivity index (χ4v) is 7.16. The van der Waals surface area contributed by atoms with Gasteiger partial charge in [-0.1, -0.05) is 140 Å². The van der Waals surface area contributed by atoms with Crippen molar-refractivity contribution in [3.05, 3.63) is 146 Å². The summed E-state index contributed by atoms with van der Waals surface area (Å²) in [4.78, 5) is 0. The average molecular weight is 505 g/mol. The van der Waals surface area contributed by atoms with Crippen LogP contribution in [-0.2, 0) is 0 Å². The molecule has 0 radical (unpaired) electrons. The molecule has 0 saturated carbocycles. The minimum Gasteiger partial charge on any atom is -0.0622 e. The second kappa shape index (κ2) is 8.15. The second-order valence-corrected chi connectivity index (χ2v) is 10.8. The lowest BCUT2D eigenvalue weighted by atomic mass is 9.82. The molecule has 0 spiro atoms. The van der Waals surface area contributed by atoms with Gasteiger partial charge in [-0.05, 0) is 93.7 Å². The van der Waals surface area contributed by atoms with Crippen molar-refractivity contribution in [1.29, 1.82) is 0 Å². The minimum absolute atomic E-state index is 1.26. The third-order valence-electron chi connectivity index (χ3n) is 8.76. The van der Waals surface area contributed by atoms with Crippen molar-refractivity contribution in [2.75, 3.05) is 0 Å². The van der Waals surface area contributed by atoms with Gasteiger partial charge >= 0.3 is 0 Å². The van der Waals surface area contributed by atoms with Crippen LogP contribution in [0.1, 0.15) is 0 Å². The number of fused-ring (bicyclic) bond motifs is 8. The summed E-state index contributed by atoms with van der Waals surface area (Å²) in [6, 6.07) is 53.6. The summed E-state index contributed by atoms with van der Waals surface area (Å²) in [5.74, 6) is 0. The Kier molecular flexibility index (Phi) is 4.42. The molecule has 0 fully saturated rings. The van der Waals surface area contributed by atoms with E-state index >= 15 is 0 Å². The van der Waals surface area contributed by atoms with Gasteiger partial charge in [-0.25, -0.2) is 0 Å². The van der Waals surface area contributed by atoms with Crippen LogP contribution in [0.4, 0.5) is 0 Å². The number of rotatable bonds is 2. The van der Waals surface area contributed by atoms with Crippen molar-refractivity contribution in [3.63, 3.8) is 0 Å². The highest BCUT2D eigenvalue weighted by Crippen LogP contribution is 2.58. The molecule has 0 atom stereocenters. The van der Waals surface area contributed by atoms with E-state index in [1.807, 2.05) is 0 Å². The number of hydrogen-bond acceptors (Lipinski definition) is 0. The van der Waals surface area contributed by atoms with Crippen molar-refractivity contribution in [2.45, 2.75) is 0 Å². The molecule has 1 aliphatic carbocycles. The predicted molar refractivity (Wildman–Crippen MR) is 172 cm³/mol. The Balaban J connectivity index is 1.57. The van der Waals surface area contributed by atoms with Crippen LogP contribution in [0.25, 0.3) is 87.6 Å². The average Bonchev–Trinajstić information content (AvgIpc) is 3.35. The molecule has 0 aromatic heterocycles. The summed E-state index contributed by atoms with van der Waals surface area (Å²) < 4.78 is 0. The van der Waals surface area contributed by atoms with Gasteiger partial charge in [0.1, 0.15) is 0 Å². The highest BCUT2D eigenvalue weighted by atomic mass is 14.3. The van der Waals surface area contributed by atoms with Crippen LogP contribution >= 0.6 is 0 Å². The maximum Gasteiger partial charge on any atom is -0.000719 e. The maximum absolute atomic E-state index is 2.48. The zero-order valence-electron chi connectivity index (χ0n) is 21.9. The molecule has 40 heavy (non-hydrogen) atoms. The van der Waals surface area contributed by atoms with Crippen LogP contribution in [-0.4, -0.2) is 0 Å². The SMILES string of the molecule is c1ccc(-c2c3c(c(-c4ccccc4)c4ccccc24)-c2cc4c5ccccc5ccc4c4cccc-3c24)cc1. The molecule has 0 N–H and O–H groups in total. The van der Waals surface area contributed by atoms with Crippen LogP contribution in [0, 0.1) is 0 Å². The Bertz CT molecular complexity index is 2290.